The lowest BCUT2D eigenvalue weighted by atomic mass is 10.1. The van der Waals surface area contributed by atoms with Crippen molar-refractivity contribution >= 4 is 0 Å². The Balaban J connectivity index is 1.78. The molecule has 1 N–H and O–H groups in total. The summed E-state index contributed by atoms with van der Waals surface area (Å²) >= 11 is 0. The molecule has 3 unspecified atom stereocenters. The molecule has 2 rings (SSSR count). The third-order valence-electron chi connectivity index (χ3n) is 4.11. The molecule has 0 amide bonds. The van der Waals surface area contributed by atoms with Crippen LogP contribution in [-0.4, -0.2) is 36.6 Å². The van der Waals surface area contributed by atoms with Crippen LogP contribution in [0.3, 0.4) is 0 Å². The van der Waals surface area contributed by atoms with Crippen LogP contribution in [0.5, 0.6) is 0 Å². The largest absolute Gasteiger partial charge is 0.313 e. The first-order valence-electron chi connectivity index (χ1n) is 6.80. The summed E-state index contributed by atoms with van der Waals surface area (Å²) in [5, 5.41) is 3.63. The molecule has 0 aromatic rings. The number of piperidine rings is 1. The molecule has 1 heterocycles. The van der Waals surface area contributed by atoms with Gasteiger partial charge in [-0.2, -0.15) is 0 Å². The Labute approximate surface area is 94.4 Å². The molecule has 88 valence electrons. The maximum atomic E-state index is 3.63. The molecule has 0 aromatic heterocycles. The van der Waals surface area contributed by atoms with Gasteiger partial charge in [-0.3, -0.25) is 4.90 Å². The highest BCUT2D eigenvalue weighted by Gasteiger charge is 2.37. The second-order valence-electron chi connectivity index (χ2n) is 5.33. The van der Waals surface area contributed by atoms with Gasteiger partial charge in [0.25, 0.3) is 0 Å². The van der Waals surface area contributed by atoms with E-state index in [2.05, 4.69) is 24.1 Å². The van der Waals surface area contributed by atoms with E-state index in [9.17, 15) is 0 Å². The third kappa shape index (κ3) is 2.73. The van der Waals surface area contributed by atoms with Crippen molar-refractivity contribution in [3.63, 3.8) is 0 Å². The Kier molecular flexibility index (Phi) is 4.04. The van der Waals surface area contributed by atoms with Crippen LogP contribution < -0.4 is 5.32 Å². The smallest absolute Gasteiger partial charge is 0.0194 e. The lowest BCUT2D eigenvalue weighted by Gasteiger charge is -2.31. The van der Waals surface area contributed by atoms with Crippen molar-refractivity contribution in [2.24, 2.45) is 5.92 Å². The SMILES string of the molecule is CCCC(CN1CC2CCC1C2)NCC. The van der Waals surface area contributed by atoms with Crippen molar-refractivity contribution in [2.75, 3.05) is 19.6 Å². The van der Waals surface area contributed by atoms with E-state index in [-0.39, 0.29) is 0 Å². The van der Waals surface area contributed by atoms with Gasteiger partial charge in [0.2, 0.25) is 0 Å². The van der Waals surface area contributed by atoms with Crippen LogP contribution in [0.2, 0.25) is 0 Å². The summed E-state index contributed by atoms with van der Waals surface area (Å²) in [6, 6.07) is 1.67. The minimum atomic E-state index is 0.736. The topological polar surface area (TPSA) is 15.3 Å². The molecule has 0 radical (unpaired) electrons. The van der Waals surface area contributed by atoms with Crippen molar-refractivity contribution < 1.29 is 0 Å². The molecule has 3 atom stereocenters. The first-order valence-corrected chi connectivity index (χ1v) is 6.80. The fourth-order valence-corrected chi connectivity index (χ4v) is 3.43. The van der Waals surface area contributed by atoms with E-state index < -0.39 is 0 Å². The fourth-order valence-electron chi connectivity index (χ4n) is 3.43. The Morgan fingerprint density at radius 3 is 2.73 bits per heavy atom. The van der Waals surface area contributed by atoms with Crippen LogP contribution in [-0.2, 0) is 0 Å². The number of nitrogens with one attached hydrogen (secondary N) is 1. The number of rotatable bonds is 6. The number of likely N-dealkylation sites (tertiary alicyclic amines) is 1. The van der Waals surface area contributed by atoms with Crippen LogP contribution in [0.25, 0.3) is 0 Å². The standard InChI is InChI=1S/C13H26N2/c1-3-5-12(14-4-2)10-15-9-11-6-7-13(15)8-11/h11-14H,3-10H2,1-2H3. The molecule has 2 nitrogen and oxygen atoms in total. The minimum Gasteiger partial charge on any atom is -0.313 e. The first-order chi connectivity index (χ1) is 7.33. The molecule has 1 saturated carbocycles. The van der Waals surface area contributed by atoms with E-state index in [0.29, 0.717) is 0 Å². The fraction of sp³-hybridized carbons (Fsp3) is 1.00. The molecular formula is C13H26N2. The highest BCUT2D eigenvalue weighted by molar-refractivity contribution is 4.93. The van der Waals surface area contributed by atoms with Gasteiger partial charge < -0.3 is 5.32 Å². The van der Waals surface area contributed by atoms with Crippen molar-refractivity contribution in [3.05, 3.63) is 0 Å². The van der Waals surface area contributed by atoms with Gasteiger partial charge in [0.15, 0.2) is 0 Å². The number of nitrogens with zero attached hydrogens (tertiary/aromatic N) is 1. The number of fused-ring (bicyclic) bond motifs is 2. The summed E-state index contributed by atoms with van der Waals surface area (Å²) in [5.41, 5.74) is 0. The highest BCUT2D eigenvalue weighted by Crippen LogP contribution is 2.37. The van der Waals surface area contributed by atoms with Crippen LogP contribution in [0.15, 0.2) is 0 Å². The second-order valence-corrected chi connectivity index (χ2v) is 5.33. The first kappa shape index (κ1) is 11.4. The van der Waals surface area contributed by atoms with E-state index in [1.165, 1.54) is 45.2 Å². The van der Waals surface area contributed by atoms with Gasteiger partial charge in [0.05, 0.1) is 0 Å². The van der Waals surface area contributed by atoms with Crippen molar-refractivity contribution in [1.29, 1.82) is 0 Å². The third-order valence-corrected chi connectivity index (χ3v) is 4.11. The molecule has 2 aliphatic rings. The highest BCUT2D eigenvalue weighted by atomic mass is 15.2. The Hall–Kier alpha value is -0.0800. The minimum absolute atomic E-state index is 0.736. The Bertz CT molecular complexity index is 187. The normalized spacial score (nSPS) is 32.4. The van der Waals surface area contributed by atoms with Gasteiger partial charge in [-0.1, -0.05) is 20.3 Å². The van der Waals surface area contributed by atoms with Crippen LogP contribution >= 0.6 is 0 Å². The quantitative estimate of drug-likeness (QED) is 0.723. The maximum absolute atomic E-state index is 3.63. The number of hydrogen-bond donors (Lipinski definition) is 1. The molecule has 15 heavy (non-hydrogen) atoms. The predicted octanol–water partition coefficient (Wildman–Crippen LogP) is 2.25. The van der Waals surface area contributed by atoms with Gasteiger partial charge in [0, 0.05) is 25.2 Å². The van der Waals surface area contributed by atoms with E-state index in [1.807, 2.05) is 0 Å². The molecule has 2 bridgehead atoms. The number of likely N-dealkylation sites (N-methyl/N-ethyl adjacent to an activating group) is 1. The zero-order chi connectivity index (χ0) is 10.7. The zero-order valence-electron chi connectivity index (χ0n) is 10.3. The molecule has 0 aromatic carbocycles. The molecule has 0 spiro atoms. The summed E-state index contributed by atoms with van der Waals surface area (Å²) in [5.74, 6) is 1.04. The summed E-state index contributed by atoms with van der Waals surface area (Å²) in [6.45, 7) is 8.31. The van der Waals surface area contributed by atoms with Crippen LogP contribution in [0, 0.1) is 5.92 Å². The monoisotopic (exact) mass is 210 g/mol. The van der Waals surface area contributed by atoms with E-state index in [1.54, 1.807) is 0 Å². The van der Waals surface area contributed by atoms with Crippen molar-refractivity contribution in [2.45, 2.75) is 58.0 Å². The maximum Gasteiger partial charge on any atom is 0.0194 e. The summed E-state index contributed by atoms with van der Waals surface area (Å²) < 4.78 is 0. The van der Waals surface area contributed by atoms with Gasteiger partial charge in [-0.25, -0.2) is 0 Å². The average Bonchev–Trinajstić information content (AvgIpc) is 2.80. The zero-order valence-corrected chi connectivity index (χ0v) is 10.3. The summed E-state index contributed by atoms with van der Waals surface area (Å²) in [7, 11) is 0. The lowest BCUT2D eigenvalue weighted by Crippen LogP contribution is -2.44. The van der Waals surface area contributed by atoms with Gasteiger partial charge >= 0.3 is 0 Å². The molecule has 1 aliphatic heterocycles. The van der Waals surface area contributed by atoms with Gasteiger partial charge in [0.1, 0.15) is 0 Å². The Morgan fingerprint density at radius 2 is 2.20 bits per heavy atom. The Morgan fingerprint density at radius 1 is 1.33 bits per heavy atom. The summed E-state index contributed by atoms with van der Waals surface area (Å²) in [6.07, 6.45) is 7.10. The lowest BCUT2D eigenvalue weighted by molar-refractivity contribution is 0.188. The van der Waals surface area contributed by atoms with Crippen LogP contribution in [0.1, 0.15) is 46.0 Å². The van der Waals surface area contributed by atoms with Gasteiger partial charge in [-0.05, 0) is 38.1 Å². The van der Waals surface area contributed by atoms with Crippen molar-refractivity contribution in [3.8, 4) is 0 Å². The van der Waals surface area contributed by atoms with E-state index in [4.69, 9.17) is 0 Å². The van der Waals surface area contributed by atoms with Crippen molar-refractivity contribution in [1.82, 2.24) is 10.2 Å². The predicted molar refractivity (Wildman–Crippen MR) is 65.1 cm³/mol. The van der Waals surface area contributed by atoms with E-state index in [0.717, 1.165) is 24.5 Å². The average molecular weight is 210 g/mol. The molecule has 2 fully saturated rings. The molecule has 1 saturated heterocycles. The van der Waals surface area contributed by atoms with E-state index >= 15 is 0 Å². The second kappa shape index (κ2) is 5.31. The van der Waals surface area contributed by atoms with Crippen LogP contribution in [0.4, 0.5) is 0 Å². The summed E-state index contributed by atoms with van der Waals surface area (Å²) in [4.78, 5) is 2.75. The van der Waals surface area contributed by atoms with Gasteiger partial charge in [-0.15, -0.1) is 0 Å². The molecule has 1 aliphatic carbocycles. The molecular weight excluding hydrogens is 184 g/mol. The number of hydrogen-bond acceptors (Lipinski definition) is 2. The molecule has 2 heteroatoms.